The van der Waals surface area contributed by atoms with Crippen LogP contribution in [0.15, 0.2) is 41.9 Å². The lowest BCUT2D eigenvalue weighted by molar-refractivity contribution is 0.103. The standard InChI is InChI=1S/C15H11ClN2OS/c1-9-11(16)5-4-10-12(6-7-17-14(9)10)18-15(19)13-3-2-8-20-13/h2-8H,1H3,(H,17,18,19). The lowest BCUT2D eigenvalue weighted by atomic mass is 10.1. The maximum atomic E-state index is 12.1. The van der Waals surface area contributed by atoms with Gasteiger partial charge in [0.1, 0.15) is 0 Å². The highest BCUT2D eigenvalue weighted by Crippen LogP contribution is 2.29. The number of pyridine rings is 1. The largest absolute Gasteiger partial charge is 0.321 e. The van der Waals surface area contributed by atoms with E-state index in [0.717, 1.165) is 22.2 Å². The van der Waals surface area contributed by atoms with Gasteiger partial charge in [0.25, 0.3) is 5.91 Å². The molecule has 0 fully saturated rings. The van der Waals surface area contributed by atoms with Gasteiger partial charge in [0.15, 0.2) is 0 Å². The fourth-order valence-electron chi connectivity index (χ4n) is 2.04. The van der Waals surface area contributed by atoms with E-state index in [9.17, 15) is 4.79 Å². The summed E-state index contributed by atoms with van der Waals surface area (Å²) in [5, 5.41) is 6.36. The molecule has 0 atom stereocenters. The van der Waals surface area contributed by atoms with E-state index < -0.39 is 0 Å². The minimum Gasteiger partial charge on any atom is -0.321 e. The Bertz CT molecular complexity index is 784. The number of carbonyl (C=O) groups excluding carboxylic acids is 1. The Labute approximate surface area is 125 Å². The van der Waals surface area contributed by atoms with Crippen molar-refractivity contribution in [3.05, 3.63) is 57.4 Å². The number of hydrogen-bond donors (Lipinski definition) is 1. The topological polar surface area (TPSA) is 42.0 Å². The fourth-order valence-corrected chi connectivity index (χ4v) is 2.81. The number of aromatic nitrogens is 1. The van der Waals surface area contributed by atoms with Crippen LogP contribution in [0.4, 0.5) is 5.69 Å². The lowest BCUT2D eigenvalue weighted by Crippen LogP contribution is -2.10. The van der Waals surface area contributed by atoms with Gasteiger partial charge in [-0.1, -0.05) is 17.7 Å². The predicted molar refractivity (Wildman–Crippen MR) is 83.8 cm³/mol. The molecule has 3 rings (SSSR count). The van der Waals surface area contributed by atoms with Gasteiger partial charge in [-0.2, -0.15) is 0 Å². The summed E-state index contributed by atoms with van der Waals surface area (Å²) in [7, 11) is 0. The summed E-state index contributed by atoms with van der Waals surface area (Å²) >= 11 is 7.51. The van der Waals surface area contributed by atoms with Crippen LogP contribution >= 0.6 is 22.9 Å². The van der Waals surface area contributed by atoms with Crippen molar-refractivity contribution in [2.75, 3.05) is 5.32 Å². The predicted octanol–water partition coefficient (Wildman–Crippen LogP) is 4.51. The highest BCUT2D eigenvalue weighted by Gasteiger charge is 2.11. The molecule has 20 heavy (non-hydrogen) atoms. The third-order valence-electron chi connectivity index (χ3n) is 3.09. The summed E-state index contributed by atoms with van der Waals surface area (Å²) < 4.78 is 0. The molecule has 1 aromatic carbocycles. The van der Waals surface area contributed by atoms with Crippen LogP contribution < -0.4 is 5.32 Å². The average molecular weight is 303 g/mol. The zero-order valence-electron chi connectivity index (χ0n) is 10.7. The molecule has 2 aromatic heterocycles. The molecule has 0 radical (unpaired) electrons. The molecule has 0 aliphatic rings. The van der Waals surface area contributed by atoms with Crippen LogP contribution in [0.1, 0.15) is 15.2 Å². The average Bonchev–Trinajstić information content (AvgIpc) is 2.97. The summed E-state index contributed by atoms with van der Waals surface area (Å²) in [5.41, 5.74) is 2.46. The van der Waals surface area contributed by atoms with Crippen molar-refractivity contribution in [2.24, 2.45) is 0 Å². The molecule has 2 heterocycles. The number of carbonyl (C=O) groups is 1. The summed E-state index contributed by atoms with van der Waals surface area (Å²) in [5.74, 6) is -0.111. The van der Waals surface area contributed by atoms with Crippen LogP contribution in [0.25, 0.3) is 10.9 Å². The van der Waals surface area contributed by atoms with Crippen LogP contribution in [0.3, 0.4) is 0 Å². The van der Waals surface area contributed by atoms with E-state index in [1.54, 1.807) is 18.3 Å². The van der Waals surface area contributed by atoms with Crippen LogP contribution in [-0.4, -0.2) is 10.9 Å². The third-order valence-corrected chi connectivity index (χ3v) is 4.37. The third kappa shape index (κ3) is 2.28. The van der Waals surface area contributed by atoms with Crippen molar-refractivity contribution >= 4 is 45.4 Å². The molecule has 0 unspecified atom stereocenters. The minimum atomic E-state index is -0.111. The van der Waals surface area contributed by atoms with Crippen LogP contribution in [0.2, 0.25) is 5.02 Å². The number of aryl methyl sites for hydroxylation is 1. The zero-order valence-corrected chi connectivity index (χ0v) is 12.3. The smallest absolute Gasteiger partial charge is 0.265 e. The van der Waals surface area contributed by atoms with E-state index in [4.69, 9.17) is 11.6 Å². The van der Waals surface area contributed by atoms with Gasteiger partial charge >= 0.3 is 0 Å². The monoisotopic (exact) mass is 302 g/mol. The van der Waals surface area contributed by atoms with Crippen molar-refractivity contribution in [3.8, 4) is 0 Å². The molecule has 0 aliphatic carbocycles. The Morgan fingerprint density at radius 3 is 2.90 bits per heavy atom. The summed E-state index contributed by atoms with van der Waals surface area (Å²) in [6, 6.07) is 9.14. The van der Waals surface area contributed by atoms with Crippen LogP contribution in [0, 0.1) is 6.92 Å². The Morgan fingerprint density at radius 2 is 2.15 bits per heavy atom. The summed E-state index contributed by atoms with van der Waals surface area (Å²) in [6.45, 7) is 1.92. The van der Waals surface area contributed by atoms with Crippen molar-refractivity contribution in [2.45, 2.75) is 6.92 Å². The maximum absolute atomic E-state index is 12.1. The van der Waals surface area contributed by atoms with Gasteiger partial charge in [0.05, 0.1) is 16.1 Å². The SMILES string of the molecule is Cc1c(Cl)ccc2c(NC(=O)c3cccs3)ccnc12. The highest BCUT2D eigenvalue weighted by molar-refractivity contribution is 7.12. The van der Waals surface area contributed by atoms with Gasteiger partial charge in [0.2, 0.25) is 0 Å². The Kier molecular flexibility index (Phi) is 3.42. The van der Waals surface area contributed by atoms with Crippen LogP contribution in [0.5, 0.6) is 0 Å². The fraction of sp³-hybridized carbons (Fsp3) is 0.0667. The molecule has 0 saturated heterocycles. The first-order valence-electron chi connectivity index (χ1n) is 6.05. The molecule has 3 nitrogen and oxygen atoms in total. The number of halogens is 1. The van der Waals surface area contributed by atoms with Crippen LogP contribution in [-0.2, 0) is 0 Å². The molecule has 0 aliphatic heterocycles. The van der Waals surface area contributed by atoms with E-state index in [1.807, 2.05) is 30.5 Å². The van der Waals surface area contributed by atoms with E-state index in [0.29, 0.717) is 9.90 Å². The van der Waals surface area contributed by atoms with Crippen molar-refractivity contribution < 1.29 is 4.79 Å². The number of benzene rings is 1. The summed E-state index contributed by atoms with van der Waals surface area (Å²) in [4.78, 5) is 17.1. The highest BCUT2D eigenvalue weighted by atomic mass is 35.5. The van der Waals surface area contributed by atoms with Gasteiger partial charge in [-0.25, -0.2) is 0 Å². The zero-order chi connectivity index (χ0) is 14.1. The molecule has 3 aromatic rings. The molecular weight excluding hydrogens is 292 g/mol. The second kappa shape index (κ2) is 5.23. The molecule has 0 bridgehead atoms. The molecule has 5 heteroatoms. The van der Waals surface area contributed by atoms with Crippen molar-refractivity contribution in [1.29, 1.82) is 0 Å². The number of rotatable bonds is 2. The number of anilines is 1. The number of hydrogen-bond acceptors (Lipinski definition) is 3. The maximum Gasteiger partial charge on any atom is 0.265 e. The number of nitrogens with zero attached hydrogens (tertiary/aromatic N) is 1. The van der Waals surface area contributed by atoms with E-state index in [-0.39, 0.29) is 5.91 Å². The Morgan fingerprint density at radius 1 is 1.30 bits per heavy atom. The normalized spacial score (nSPS) is 10.7. The van der Waals surface area contributed by atoms with Crippen molar-refractivity contribution in [3.63, 3.8) is 0 Å². The lowest BCUT2D eigenvalue weighted by Gasteiger charge is -2.09. The molecule has 1 N–H and O–H groups in total. The Balaban J connectivity index is 2.04. The number of fused-ring (bicyclic) bond motifs is 1. The first kappa shape index (κ1) is 13.1. The first-order chi connectivity index (χ1) is 9.66. The molecule has 1 amide bonds. The van der Waals surface area contributed by atoms with E-state index in [2.05, 4.69) is 10.3 Å². The number of nitrogens with one attached hydrogen (secondary N) is 1. The second-order valence-electron chi connectivity index (χ2n) is 4.36. The van der Waals surface area contributed by atoms with Gasteiger partial charge in [-0.05, 0) is 42.1 Å². The molecular formula is C15H11ClN2OS. The molecule has 0 spiro atoms. The number of amides is 1. The van der Waals surface area contributed by atoms with E-state index in [1.165, 1.54) is 11.3 Å². The molecule has 0 saturated carbocycles. The van der Waals surface area contributed by atoms with E-state index >= 15 is 0 Å². The van der Waals surface area contributed by atoms with Crippen molar-refractivity contribution in [1.82, 2.24) is 4.98 Å². The second-order valence-corrected chi connectivity index (χ2v) is 5.71. The number of thiophene rings is 1. The first-order valence-corrected chi connectivity index (χ1v) is 7.31. The quantitative estimate of drug-likeness (QED) is 0.756. The molecule has 100 valence electrons. The van der Waals surface area contributed by atoms with Gasteiger partial charge in [0, 0.05) is 16.6 Å². The summed E-state index contributed by atoms with van der Waals surface area (Å²) in [6.07, 6.45) is 1.68. The van der Waals surface area contributed by atoms with Gasteiger partial charge in [-0.15, -0.1) is 11.3 Å². The minimum absolute atomic E-state index is 0.111. The van der Waals surface area contributed by atoms with Gasteiger partial charge in [-0.3, -0.25) is 9.78 Å². The van der Waals surface area contributed by atoms with Gasteiger partial charge < -0.3 is 5.32 Å². The Hall–Kier alpha value is -1.91.